The molecule has 9 heavy (non-hydrogen) atoms. The average Bonchev–Trinajstić information content (AvgIpc) is 1.82. The monoisotopic (exact) mass is 130 g/mol. The fraction of sp³-hybridized carbons (Fsp3) is 0.833. The highest BCUT2D eigenvalue weighted by Crippen LogP contribution is 1.82. The first-order valence-corrected chi connectivity index (χ1v) is 2.84. The van der Waals surface area contributed by atoms with Gasteiger partial charge < -0.3 is 9.64 Å². The predicted molar refractivity (Wildman–Crippen MR) is 38.9 cm³/mol. The van der Waals surface area contributed by atoms with Crippen molar-refractivity contribution in [3.05, 3.63) is 0 Å². The minimum Gasteiger partial charge on any atom is -0.377 e. The van der Waals surface area contributed by atoms with E-state index in [0.29, 0.717) is 6.61 Å². The molecule has 0 aromatic carbocycles. The Balaban J connectivity index is 3.70. The highest BCUT2D eigenvalue weighted by molar-refractivity contribution is 5.82. The summed E-state index contributed by atoms with van der Waals surface area (Å²) in [6.45, 7) is 0.587. The van der Waals surface area contributed by atoms with Crippen LogP contribution in [0.4, 0.5) is 0 Å². The summed E-state index contributed by atoms with van der Waals surface area (Å²) in [6.07, 6.45) is 0. The van der Waals surface area contributed by atoms with Gasteiger partial charge in [-0.15, -0.1) is 0 Å². The molecular formula is C6H14N2O. The molecule has 0 amide bonds. The number of hydrogen-bond acceptors (Lipinski definition) is 2. The van der Waals surface area contributed by atoms with E-state index in [1.54, 1.807) is 14.2 Å². The Kier molecular flexibility index (Phi) is 4.05. The molecule has 0 bridgehead atoms. The van der Waals surface area contributed by atoms with Gasteiger partial charge in [0.05, 0.1) is 0 Å². The molecule has 0 aromatic heterocycles. The van der Waals surface area contributed by atoms with Crippen molar-refractivity contribution in [3.8, 4) is 0 Å². The zero-order chi connectivity index (χ0) is 7.28. The minimum atomic E-state index is 0.587. The minimum absolute atomic E-state index is 0.587. The van der Waals surface area contributed by atoms with Gasteiger partial charge in [0.15, 0.2) is 0 Å². The van der Waals surface area contributed by atoms with Crippen LogP contribution in [0.15, 0.2) is 4.99 Å². The van der Waals surface area contributed by atoms with Crippen LogP contribution in [-0.4, -0.2) is 45.6 Å². The molecule has 3 heteroatoms. The second-order valence-electron chi connectivity index (χ2n) is 1.97. The maximum absolute atomic E-state index is 4.88. The normalized spacial score (nSPS) is 11.8. The van der Waals surface area contributed by atoms with E-state index in [1.165, 1.54) is 0 Å². The molecule has 3 nitrogen and oxygen atoms in total. The van der Waals surface area contributed by atoms with Crippen molar-refractivity contribution in [2.75, 3.05) is 34.9 Å². The number of hydrogen-bond donors (Lipinski definition) is 0. The maximum Gasteiger partial charge on any atom is 0.124 e. The lowest BCUT2D eigenvalue weighted by Gasteiger charge is -2.13. The largest absolute Gasteiger partial charge is 0.377 e. The molecular weight excluding hydrogens is 116 g/mol. The topological polar surface area (TPSA) is 24.8 Å². The van der Waals surface area contributed by atoms with E-state index in [0.717, 1.165) is 5.84 Å². The van der Waals surface area contributed by atoms with E-state index < -0.39 is 0 Å². The second kappa shape index (κ2) is 4.32. The molecule has 0 fully saturated rings. The Labute approximate surface area is 56.3 Å². The van der Waals surface area contributed by atoms with Gasteiger partial charge in [-0.3, -0.25) is 4.99 Å². The van der Waals surface area contributed by atoms with Crippen molar-refractivity contribution in [2.24, 2.45) is 4.99 Å². The molecule has 0 rings (SSSR count). The standard InChI is InChI=1S/C6H14N2O/c1-7-6(5-9-4)8(2)3/h5H2,1-4H3/b7-6-. The Morgan fingerprint density at radius 3 is 2.22 bits per heavy atom. The summed E-state index contributed by atoms with van der Waals surface area (Å²) in [7, 11) is 7.31. The molecule has 0 aliphatic carbocycles. The number of rotatable bonds is 2. The second-order valence-corrected chi connectivity index (χ2v) is 1.97. The Hall–Kier alpha value is -0.570. The van der Waals surface area contributed by atoms with Gasteiger partial charge in [-0.1, -0.05) is 0 Å². The van der Waals surface area contributed by atoms with Crippen molar-refractivity contribution in [1.29, 1.82) is 0 Å². The molecule has 0 aromatic rings. The molecule has 0 aliphatic rings. The van der Waals surface area contributed by atoms with Gasteiger partial charge >= 0.3 is 0 Å². The molecule has 0 aliphatic heterocycles. The highest BCUT2D eigenvalue weighted by Gasteiger charge is 1.96. The van der Waals surface area contributed by atoms with Gasteiger partial charge in [-0.25, -0.2) is 0 Å². The number of aliphatic imine (C=N–C) groups is 1. The molecule has 0 radical (unpaired) electrons. The lowest BCUT2D eigenvalue weighted by Crippen LogP contribution is -2.25. The highest BCUT2D eigenvalue weighted by atomic mass is 16.5. The van der Waals surface area contributed by atoms with Crippen molar-refractivity contribution in [1.82, 2.24) is 4.90 Å². The third kappa shape index (κ3) is 3.08. The van der Waals surface area contributed by atoms with Crippen LogP contribution in [-0.2, 0) is 4.74 Å². The van der Waals surface area contributed by atoms with E-state index in [4.69, 9.17) is 4.74 Å². The molecule has 0 unspecified atom stereocenters. The molecule has 0 saturated heterocycles. The number of methoxy groups -OCH3 is 1. The molecule has 0 atom stereocenters. The Morgan fingerprint density at radius 1 is 1.56 bits per heavy atom. The summed E-state index contributed by atoms with van der Waals surface area (Å²) in [5, 5.41) is 0. The summed E-state index contributed by atoms with van der Waals surface area (Å²) in [5.41, 5.74) is 0. The van der Waals surface area contributed by atoms with Crippen LogP contribution in [0.25, 0.3) is 0 Å². The molecule has 0 heterocycles. The summed E-state index contributed by atoms with van der Waals surface area (Å²) in [4.78, 5) is 5.93. The van der Waals surface area contributed by atoms with Gasteiger partial charge in [0.2, 0.25) is 0 Å². The van der Waals surface area contributed by atoms with Gasteiger partial charge in [0.25, 0.3) is 0 Å². The predicted octanol–water partition coefficient (Wildman–Crippen LogP) is 0.223. The van der Waals surface area contributed by atoms with E-state index >= 15 is 0 Å². The summed E-state index contributed by atoms with van der Waals surface area (Å²) < 4.78 is 4.88. The van der Waals surface area contributed by atoms with E-state index in [2.05, 4.69) is 4.99 Å². The van der Waals surface area contributed by atoms with E-state index in [1.807, 2.05) is 19.0 Å². The first kappa shape index (κ1) is 8.43. The summed E-state index contributed by atoms with van der Waals surface area (Å²) in [5.74, 6) is 0.956. The van der Waals surface area contributed by atoms with Crippen LogP contribution in [0.3, 0.4) is 0 Å². The zero-order valence-electron chi connectivity index (χ0n) is 6.51. The maximum atomic E-state index is 4.88. The lowest BCUT2D eigenvalue weighted by molar-refractivity contribution is 0.236. The number of ether oxygens (including phenoxy) is 1. The fourth-order valence-corrected chi connectivity index (χ4v) is 0.523. The average molecular weight is 130 g/mol. The lowest BCUT2D eigenvalue weighted by atomic mass is 10.6. The Bertz CT molecular complexity index is 99.2. The quantitative estimate of drug-likeness (QED) is 0.394. The van der Waals surface area contributed by atoms with Gasteiger partial charge in [0.1, 0.15) is 12.4 Å². The fourth-order valence-electron chi connectivity index (χ4n) is 0.523. The van der Waals surface area contributed by atoms with Crippen molar-refractivity contribution < 1.29 is 4.74 Å². The smallest absolute Gasteiger partial charge is 0.124 e. The molecule has 0 N–H and O–H groups in total. The summed E-state index contributed by atoms with van der Waals surface area (Å²) >= 11 is 0. The van der Waals surface area contributed by atoms with Crippen LogP contribution < -0.4 is 0 Å². The zero-order valence-corrected chi connectivity index (χ0v) is 6.51. The number of likely N-dealkylation sites (N-methyl/N-ethyl adjacent to an activating group) is 1. The first-order chi connectivity index (χ1) is 4.22. The number of nitrogens with zero attached hydrogens (tertiary/aromatic N) is 2. The van der Waals surface area contributed by atoms with Gasteiger partial charge in [0, 0.05) is 28.3 Å². The van der Waals surface area contributed by atoms with Crippen LogP contribution >= 0.6 is 0 Å². The van der Waals surface area contributed by atoms with Crippen LogP contribution in [0, 0.1) is 0 Å². The van der Waals surface area contributed by atoms with Crippen LogP contribution in [0.1, 0.15) is 0 Å². The van der Waals surface area contributed by atoms with Crippen molar-refractivity contribution in [2.45, 2.75) is 0 Å². The van der Waals surface area contributed by atoms with E-state index in [-0.39, 0.29) is 0 Å². The third-order valence-corrected chi connectivity index (χ3v) is 1.05. The van der Waals surface area contributed by atoms with Gasteiger partial charge in [-0.2, -0.15) is 0 Å². The van der Waals surface area contributed by atoms with E-state index in [9.17, 15) is 0 Å². The van der Waals surface area contributed by atoms with Gasteiger partial charge in [-0.05, 0) is 0 Å². The summed E-state index contributed by atoms with van der Waals surface area (Å²) in [6, 6.07) is 0. The SMILES string of the molecule is C/N=C(/COC)N(C)C. The van der Waals surface area contributed by atoms with Crippen molar-refractivity contribution in [3.63, 3.8) is 0 Å². The molecule has 0 spiro atoms. The molecule has 54 valence electrons. The first-order valence-electron chi connectivity index (χ1n) is 2.84. The third-order valence-electron chi connectivity index (χ3n) is 1.05. The molecule has 0 saturated carbocycles. The number of amidine groups is 1. The van der Waals surface area contributed by atoms with Crippen LogP contribution in [0.2, 0.25) is 0 Å². The van der Waals surface area contributed by atoms with Crippen molar-refractivity contribution >= 4 is 5.84 Å². The Morgan fingerprint density at radius 2 is 2.11 bits per heavy atom. The van der Waals surface area contributed by atoms with Crippen LogP contribution in [0.5, 0.6) is 0 Å².